The van der Waals surface area contributed by atoms with Gasteiger partial charge >= 0.3 is 5.97 Å². The van der Waals surface area contributed by atoms with Crippen LogP contribution in [-0.2, 0) is 4.79 Å². The van der Waals surface area contributed by atoms with E-state index in [4.69, 9.17) is 11.5 Å². The number of nitro groups is 1. The third kappa shape index (κ3) is 3.20. The molecule has 1 amide bonds. The summed E-state index contributed by atoms with van der Waals surface area (Å²) >= 11 is 0. The molecule has 110 valence electrons. The molecule has 0 radical (unpaired) electrons. The number of carboxylic acid groups (broad SMARTS) is 1. The number of amides is 1. The fourth-order valence-corrected chi connectivity index (χ4v) is 2.03. The van der Waals surface area contributed by atoms with Gasteiger partial charge in [-0.05, 0) is 12.8 Å². The number of carboxylic acids is 1. The number of aliphatic carboxylic acids is 1. The number of hydrogen-bond donors (Lipinski definition) is 1. The van der Waals surface area contributed by atoms with Gasteiger partial charge in [0.15, 0.2) is 0 Å². The maximum Gasteiger partial charge on any atom is 0.323 e. The third-order valence-electron chi connectivity index (χ3n) is 3.10. The van der Waals surface area contributed by atoms with Gasteiger partial charge in [-0.3, -0.25) is 19.7 Å². The van der Waals surface area contributed by atoms with Crippen molar-refractivity contribution in [1.82, 2.24) is 9.47 Å². The maximum atomic E-state index is 12.4. The number of aromatic nitrogens is 1. The molecule has 0 spiro atoms. The van der Waals surface area contributed by atoms with Crippen LogP contribution in [-0.4, -0.2) is 44.5 Å². The van der Waals surface area contributed by atoms with Gasteiger partial charge in [-0.25, -0.2) is 0 Å². The summed E-state index contributed by atoms with van der Waals surface area (Å²) in [5.74, 6) is 0.404. The van der Waals surface area contributed by atoms with Crippen molar-refractivity contribution in [3.63, 3.8) is 0 Å². The van der Waals surface area contributed by atoms with Gasteiger partial charge in [-0.15, -0.1) is 6.42 Å². The first-order valence-electron chi connectivity index (χ1n) is 6.24. The van der Waals surface area contributed by atoms with Gasteiger partial charge in [0.05, 0.1) is 17.7 Å². The Kier molecular flexibility index (Phi) is 3.93. The number of hydrogen-bond acceptors (Lipinski definition) is 4. The van der Waals surface area contributed by atoms with E-state index in [0.717, 1.165) is 23.8 Å². The second kappa shape index (κ2) is 5.66. The van der Waals surface area contributed by atoms with Crippen molar-refractivity contribution in [2.75, 3.05) is 13.1 Å². The molecule has 21 heavy (non-hydrogen) atoms. The Morgan fingerprint density at radius 2 is 2.24 bits per heavy atom. The van der Waals surface area contributed by atoms with Crippen LogP contribution in [0.2, 0.25) is 0 Å². The Morgan fingerprint density at radius 1 is 1.57 bits per heavy atom. The van der Waals surface area contributed by atoms with Crippen molar-refractivity contribution in [2.24, 2.45) is 0 Å². The minimum Gasteiger partial charge on any atom is -0.480 e. The summed E-state index contributed by atoms with van der Waals surface area (Å²) < 4.78 is 1.53. The molecule has 0 aromatic carbocycles. The average molecular weight is 291 g/mol. The Balaban J connectivity index is 2.34. The summed E-state index contributed by atoms with van der Waals surface area (Å²) in [4.78, 5) is 34.4. The zero-order valence-corrected chi connectivity index (χ0v) is 11.1. The van der Waals surface area contributed by atoms with Gasteiger partial charge in [0.1, 0.15) is 12.2 Å². The quantitative estimate of drug-likeness (QED) is 0.476. The lowest BCUT2D eigenvalue weighted by molar-refractivity contribution is -0.384. The number of carbonyl (C=O) groups excluding carboxylic acids is 1. The largest absolute Gasteiger partial charge is 0.480 e. The van der Waals surface area contributed by atoms with Crippen molar-refractivity contribution in [2.45, 2.75) is 18.9 Å². The van der Waals surface area contributed by atoms with Crippen molar-refractivity contribution >= 4 is 17.6 Å². The molecule has 0 atom stereocenters. The van der Waals surface area contributed by atoms with Gasteiger partial charge in [0.25, 0.3) is 11.6 Å². The predicted octanol–water partition coefficient (Wildman–Crippen LogP) is 0.891. The lowest BCUT2D eigenvalue weighted by Crippen LogP contribution is -2.37. The second-order valence-electron chi connectivity index (χ2n) is 4.74. The van der Waals surface area contributed by atoms with Gasteiger partial charge in [0, 0.05) is 12.1 Å². The first-order chi connectivity index (χ1) is 9.93. The molecule has 1 N–H and O–H groups in total. The Morgan fingerprint density at radius 3 is 2.71 bits per heavy atom. The second-order valence-corrected chi connectivity index (χ2v) is 4.74. The van der Waals surface area contributed by atoms with Gasteiger partial charge < -0.3 is 14.6 Å². The number of carbonyl (C=O) groups is 2. The molecule has 1 heterocycles. The Bertz CT molecular complexity index is 639. The zero-order valence-electron chi connectivity index (χ0n) is 11.1. The molecule has 8 heteroatoms. The summed E-state index contributed by atoms with van der Waals surface area (Å²) in [6.07, 6.45) is 8.11. The minimum atomic E-state index is -1.20. The lowest BCUT2D eigenvalue weighted by atomic mass is 10.3. The highest BCUT2D eigenvalue weighted by Gasteiger charge is 2.32. The average Bonchev–Trinajstić information content (AvgIpc) is 3.15. The normalized spacial score (nSPS) is 13.5. The maximum absolute atomic E-state index is 12.4. The number of nitrogens with zero attached hydrogens (tertiary/aromatic N) is 3. The van der Waals surface area contributed by atoms with Crippen LogP contribution in [0.1, 0.15) is 29.4 Å². The van der Waals surface area contributed by atoms with E-state index < -0.39 is 23.3 Å². The van der Waals surface area contributed by atoms with Crippen molar-refractivity contribution in [3.8, 4) is 12.3 Å². The standard InChI is InChI=1S/C13H13N3O5/c1-2-5-14(8-12(17)18)13(19)11-6-10(16(20)21)7-15(11)9-3-4-9/h1,6-7,9H,3-5,8H2,(H,17,18). The Labute approximate surface area is 120 Å². The topological polar surface area (TPSA) is 106 Å². The van der Waals surface area contributed by atoms with Crippen molar-refractivity contribution in [3.05, 3.63) is 28.1 Å². The summed E-state index contributed by atoms with van der Waals surface area (Å²) in [7, 11) is 0. The summed E-state index contributed by atoms with van der Waals surface area (Å²) in [6.45, 7) is -0.721. The third-order valence-corrected chi connectivity index (χ3v) is 3.10. The first-order valence-corrected chi connectivity index (χ1v) is 6.24. The monoisotopic (exact) mass is 291 g/mol. The van der Waals surface area contributed by atoms with Crippen molar-refractivity contribution in [1.29, 1.82) is 0 Å². The van der Waals surface area contributed by atoms with Crippen LogP contribution in [0.4, 0.5) is 5.69 Å². The van der Waals surface area contributed by atoms with Crippen LogP contribution < -0.4 is 0 Å². The number of terminal acetylenes is 1. The van der Waals surface area contributed by atoms with E-state index >= 15 is 0 Å². The molecule has 1 saturated carbocycles. The fourth-order valence-electron chi connectivity index (χ4n) is 2.03. The molecule has 8 nitrogen and oxygen atoms in total. The molecule has 1 aliphatic carbocycles. The first kappa shape index (κ1) is 14.6. The lowest BCUT2D eigenvalue weighted by Gasteiger charge is -2.18. The Hall–Kier alpha value is -2.82. The molecule has 0 saturated heterocycles. The molecule has 0 bridgehead atoms. The van der Waals surface area contributed by atoms with Crippen LogP contribution in [0.3, 0.4) is 0 Å². The minimum absolute atomic E-state index is 0.0511. The SMILES string of the molecule is C#CCN(CC(=O)O)C(=O)c1cc([N+](=O)[O-])cn1C1CC1. The van der Waals surface area contributed by atoms with E-state index in [-0.39, 0.29) is 24.0 Å². The summed E-state index contributed by atoms with van der Waals surface area (Å²) in [6, 6.07) is 1.21. The van der Waals surface area contributed by atoms with Gasteiger partial charge in [-0.2, -0.15) is 0 Å². The molecular formula is C13H13N3O5. The zero-order chi connectivity index (χ0) is 15.6. The molecule has 0 aliphatic heterocycles. The highest BCUT2D eigenvalue weighted by Crippen LogP contribution is 2.38. The van der Waals surface area contributed by atoms with Gasteiger partial charge in [0.2, 0.25) is 0 Å². The molecule has 1 aromatic heterocycles. The van der Waals surface area contributed by atoms with E-state index in [0.29, 0.717) is 0 Å². The van der Waals surface area contributed by atoms with Crippen LogP contribution >= 0.6 is 0 Å². The fraction of sp³-hybridized carbons (Fsp3) is 0.385. The molecule has 1 fully saturated rings. The van der Waals surface area contributed by atoms with E-state index in [1.54, 1.807) is 0 Å². The van der Waals surface area contributed by atoms with E-state index in [1.807, 2.05) is 0 Å². The smallest absolute Gasteiger partial charge is 0.323 e. The van der Waals surface area contributed by atoms with Crippen molar-refractivity contribution < 1.29 is 19.6 Å². The number of rotatable bonds is 6. The predicted molar refractivity (Wildman–Crippen MR) is 71.7 cm³/mol. The van der Waals surface area contributed by atoms with Crippen LogP contribution in [0, 0.1) is 22.5 Å². The van der Waals surface area contributed by atoms with E-state index in [2.05, 4.69) is 5.92 Å². The highest BCUT2D eigenvalue weighted by molar-refractivity contribution is 5.95. The van der Waals surface area contributed by atoms with E-state index in [1.165, 1.54) is 10.8 Å². The van der Waals surface area contributed by atoms with Crippen LogP contribution in [0.5, 0.6) is 0 Å². The van der Waals surface area contributed by atoms with Crippen LogP contribution in [0.15, 0.2) is 12.3 Å². The highest BCUT2D eigenvalue weighted by atomic mass is 16.6. The molecule has 2 rings (SSSR count). The molecule has 0 unspecified atom stereocenters. The van der Waals surface area contributed by atoms with E-state index in [9.17, 15) is 19.7 Å². The van der Waals surface area contributed by atoms with Gasteiger partial charge in [-0.1, -0.05) is 5.92 Å². The molecular weight excluding hydrogens is 278 g/mol. The molecule has 1 aliphatic rings. The summed E-state index contributed by atoms with van der Waals surface area (Å²) in [5.41, 5.74) is -0.0954. The van der Waals surface area contributed by atoms with Crippen LogP contribution in [0.25, 0.3) is 0 Å². The summed E-state index contributed by atoms with van der Waals surface area (Å²) in [5, 5.41) is 19.7. The molecule has 1 aromatic rings.